The molecule has 0 rings (SSSR count). The molecule has 0 aromatic rings. The van der Waals surface area contributed by atoms with Crippen molar-refractivity contribution >= 4 is 65.6 Å². The van der Waals surface area contributed by atoms with Gasteiger partial charge in [-0.3, -0.25) is 0 Å². The van der Waals surface area contributed by atoms with E-state index in [0.717, 1.165) is 13.7 Å². The molecule has 0 aliphatic heterocycles. The molecule has 9 heavy (non-hydrogen) atoms. The van der Waals surface area contributed by atoms with Crippen LogP contribution in [0.3, 0.4) is 0 Å². The van der Waals surface area contributed by atoms with E-state index < -0.39 is 8.35 Å². The molecular formula is C4H12I2SeSi2. The van der Waals surface area contributed by atoms with E-state index in [9.17, 15) is 0 Å². The first-order valence-electron chi connectivity index (χ1n) is 2.79. The molecule has 0 saturated carbocycles. The molecular weight excluding hydrogens is 437 g/mol. The van der Waals surface area contributed by atoms with Gasteiger partial charge in [0.2, 0.25) is 0 Å². The van der Waals surface area contributed by atoms with Crippen LogP contribution in [0.25, 0.3) is 0 Å². The maximum atomic E-state index is 2.70. The third kappa shape index (κ3) is 10.4. The Morgan fingerprint density at radius 3 is 1.11 bits per heavy atom. The summed E-state index contributed by atoms with van der Waals surface area (Å²) in [6.45, 7) is 9.89. The fourth-order valence-electron chi connectivity index (χ4n) is 0.577. The van der Waals surface area contributed by atoms with Crippen LogP contribution >= 0.6 is 43.6 Å². The molecule has 0 saturated heterocycles. The summed E-state index contributed by atoms with van der Waals surface area (Å²) >= 11 is 6.40. The summed E-state index contributed by atoms with van der Waals surface area (Å²) in [5, 5.41) is 0. The molecule has 0 atom stereocenters. The predicted octanol–water partition coefficient (Wildman–Crippen LogP) is 2.96. The normalized spacial score (nSPS) is 14.0. The van der Waals surface area contributed by atoms with Crippen molar-refractivity contribution in [2.24, 2.45) is 0 Å². The molecule has 0 fully saturated rings. The van der Waals surface area contributed by atoms with Crippen LogP contribution in [0.1, 0.15) is 0 Å². The number of halogens is 2. The van der Waals surface area contributed by atoms with Gasteiger partial charge in [0, 0.05) is 0 Å². The summed E-state index contributed by atoms with van der Waals surface area (Å²) in [6, 6.07) is 0. The second kappa shape index (κ2) is 3.88. The first-order valence-corrected chi connectivity index (χ1v) is 20.0. The van der Waals surface area contributed by atoms with Gasteiger partial charge in [-0.1, -0.05) is 0 Å². The third-order valence-corrected chi connectivity index (χ3v) is 43.3. The Bertz CT molecular complexity index is 81.7. The summed E-state index contributed by atoms with van der Waals surface area (Å²) in [6.07, 6.45) is 0. The van der Waals surface area contributed by atoms with Crippen LogP contribution < -0.4 is 0 Å². The topological polar surface area (TPSA) is 0 Å². The van der Waals surface area contributed by atoms with Crippen LogP contribution in [0.5, 0.6) is 0 Å². The number of rotatable bonds is 2. The summed E-state index contributed by atoms with van der Waals surface area (Å²) in [5.41, 5.74) is 0. The fourth-order valence-corrected chi connectivity index (χ4v) is 98.2. The Balaban J connectivity index is 3.75. The van der Waals surface area contributed by atoms with Crippen LogP contribution in [-0.2, 0) is 0 Å². The van der Waals surface area contributed by atoms with Gasteiger partial charge in [0.25, 0.3) is 0 Å². The predicted molar refractivity (Wildman–Crippen MR) is 68.8 cm³/mol. The molecule has 0 heterocycles. The van der Waals surface area contributed by atoms with Gasteiger partial charge in [0.05, 0.1) is 0 Å². The van der Waals surface area contributed by atoms with E-state index in [1.807, 2.05) is 0 Å². The first-order chi connectivity index (χ1) is 3.71. The Morgan fingerprint density at radius 1 is 0.889 bits per heavy atom. The van der Waals surface area contributed by atoms with Crippen molar-refractivity contribution < 1.29 is 0 Å². The van der Waals surface area contributed by atoms with E-state index in [2.05, 4.69) is 69.8 Å². The summed E-state index contributed by atoms with van der Waals surface area (Å²) < 4.78 is -1.41. The van der Waals surface area contributed by atoms with Gasteiger partial charge < -0.3 is 0 Å². The molecule has 0 unspecified atom stereocenters. The van der Waals surface area contributed by atoms with Crippen molar-refractivity contribution in [3.05, 3.63) is 0 Å². The van der Waals surface area contributed by atoms with Crippen LogP contribution in [0.15, 0.2) is 0 Å². The molecule has 0 N–H and O–H groups in total. The monoisotopic (exact) mass is 450 g/mol. The average molecular weight is 449 g/mol. The van der Waals surface area contributed by atoms with Crippen molar-refractivity contribution in [1.29, 1.82) is 0 Å². The van der Waals surface area contributed by atoms with E-state index in [4.69, 9.17) is 0 Å². The SMILES string of the molecule is C[Si](C)(I)[Se][Si](C)(C)I. The Labute approximate surface area is 90.4 Å². The van der Waals surface area contributed by atoms with Crippen molar-refractivity contribution in [2.75, 3.05) is 0 Å². The second-order valence-corrected chi connectivity index (χ2v) is 51.8. The van der Waals surface area contributed by atoms with E-state index in [-0.39, 0.29) is 0 Å². The molecule has 56 valence electrons. The quantitative estimate of drug-likeness (QED) is 0.346. The van der Waals surface area contributed by atoms with Gasteiger partial charge in [0.1, 0.15) is 0 Å². The molecule has 0 aliphatic carbocycles. The van der Waals surface area contributed by atoms with Crippen molar-refractivity contribution in [3.8, 4) is 0 Å². The first kappa shape index (κ1) is 11.4. The van der Waals surface area contributed by atoms with Crippen LogP contribution in [0, 0.1) is 0 Å². The van der Waals surface area contributed by atoms with Crippen molar-refractivity contribution in [3.63, 3.8) is 0 Å². The van der Waals surface area contributed by atoms with Crippen LogP contribution in [0.4, 0.5) is 0 Å². The average Bonchev–Trinajstić information content (AvgIpc) is 1.14. The van der Waals surface area contributed by atoms with E-state index >= 15 is 0 Å². The zero-order valence-corrected chi connectivity index (χ0v) is 14.2. The summed E-state index contributed by atoms with van der Waals surface area (Å²) in [4.78, 5) is 0. The molecule has 0 nitrogen and oxygen atoms in total. The molecule has 0 amide bonds. The Kier molecular flexibility index (Phi) is 4.93. The second-order valence-electron chi connectivity index (χ2n) is 2.83. The molecule has 0 aromatic carbocycles. The molecule has 5 heteroatoms. The molecule has 0 spiro atoms. The number of hydrogen-bond acceptors (Lipinski definition) is 0. The number of hydrogen-bond donors (Lipinski definition) is 0. The zero-order valence-electron chi connectivity index (χ0n) is 6.16. The van der Waals surface area contributed by atoms with E-state index in [1.165, 1.54) is 0 Å². The minimum absolute atomic E-state index is 0.706. The molecule has 0 radical (unpaired) electrons. The summed E-state index contributed by atoms with van der Waals surface area (Å²) in [5.74, 6) is 0. The molecule has 0 aromatic heterocycles. The Morgan fingerprint density at radius 2 is 1.11 bits per heavy atom. The maximum absolute atomic E-state index is 2.70. The van der Waals surface area contributed by atoms with Gasteiger partial charge in [-0.25, -0.2) is 0 Å². The van der Waals surface area contributed by atoms with Crippen LogP contribution in [0.2, 0.25) is 26.2 Å². The van der Waals surface area contributed by atoms with Crippen molar-refractivity contribution in [1.82, 2.24) is 0 Å². The van der Waals surface area contributed by atoms with Gasteiger partial charge in [-0.2, -0.15) is 0 Å². The van der Waals surface area contributed by atoms with E-state index in [0.29, 0.717) is 0 Å². The zero-order chi connectivity index (χ0) is 7.71. The standard InChI is InChI=1S/C4H12I2SeSi2/c1-8(2,5)7-9(3,4)6/h1-4H3. The van der Waals surface area contributed by atoms with Crippen LogP contribution in [-0.4, -0.2) is 22.0 Å². The van der Waals surface area contributed by atoms with Gasteiger partial charge in [-0.05, 0) is 0 Å². The van der Waals surface area contributed by atoms with Gasteiger partial charge >= 0.3 is 91.8 Å². The van der Waals surface area contributed by atoms with Gasteiger partial charge in [-0.15, -0.1) is 0 Å². The van der Waals surface area contributed by atoms with Crippen molar-refractivity contribution in [2.45, 2.75) is 26.2 Å². The third-order valence-electron chi connectivity index (χ3n) is 0.485. The van der Waals surface area contributed by atoms with Gasteiger partial charge in [0.15, 0.2) is 0 Å². The Hall–Kier alpha value is 2.41. The fraction of sp³-hybridized carbons (Fsp3) is 1.00. The van der Waals surface area contributed by atoms with E-state index in [1.54, 1.807) is 0 Å². The molecule has 0 bridgehead atoms. The molecule has 0 aliphatic rings. The summed E-state index contributed by atoms with van der Waals surface area (Å²) in [7, 11) is 0. The minimum atomic E-state index is -0.706.